The Morgan fingerprint density at radius 1 is 1.20 bits per heavy atom. The molecule has 130 valence electrons. The van der Waals surface area contributed by atoms with Crippen LogP contribution in [-0.4, -0.2) is 11.2 Å². The molecule has 0 saturated heterocycles. The minimum Gasteiger partial charge on any atom is -0.245 e. The summed E-state index contributed by atoms with van der Waals surface area (Å²) in [6.45, 7) is 1.67. The molecule has 0 bridgehead atoms. The van der Waals surface area contributed by atoms with Crippen molar-refractivity contribution in [2.75, 3.05) is 0 Å². The van der Waals surface area contributed by atoms with Gasteiger partial charge in [0.25, 0.3) is 0 Å². The van der Waals surface area contributed by atoms with Crippen LogP contribution in [0.4, 0.5) is 13.2 Å². The summed E-state index contributed by atoms with van der Waals surface area (Å²) in [6.07, 6.45) is -2.22. The lowest BCUT2D eigenvalue weighted by atomic mass is 10.0. The summed E-state index contributed by atoms with van der Waals surface area (Å²) in [4.78, 5) is 3.92. The van der Waals surface area contributed by atoms with Crippen molar-refractivity contribution in [2.24, 2.45) is 0 Å². The first kappa shape index (κ1) is 19.6. The third-order valence-corrected chi connectivity index (χ3v) is 4.58. The van der Waals surface area contributed by atoms with E-state index in [1.54, 1.807) is 13.0 Å². The minimum atomic E-state index is -4.60. The molecule has 0 N–H and O–H groups in total. The Bertz CT molecular complexity index is 861. The molecule has 25 heavy (non-hydrogen) atoms. The van der Waals surface area contributed by atoms with E-state index < -0.39 is 11.7 Å². The van der Waals surface area contributed by atoms with Crippen molar-refractivity contribution in [1.29, 1.82) is 5.26 Å². The van der Waals surface area contributed by atoms with Crippen molar-refractivity contribution in [2.45, 2.75) is 19.5 Å². The Balaban J connectivity index is 2.44. The largest absolute Gasteiger partial charge is 0.416 e. The van der Waals surface area contributed by atoms with Crippen LogP contribution < -0.4 is 0 Å². The molecule has 2 aromatic rings. The normalized spacial score (nSPS) is 12.2. The highest BCUT2D eigenvalue weighted by Gasteiger charge is 2.35. The number of aromatic nitrogens is 1. The Morgan fingerprint density at radius 2 is 1.80 bits per heavy atom. The van der Waals surface area contributed by atoms with Gasteiger partial charge >= 0.3 is 6.18 Å². The number of allylic oxidation sites excluding steroid dienone is 2. The van der Waals surface area contributed by atoms with Gasteiger partial charge in [-0.2, -0.15) is 18.4 Å². The van der Waals surface area contributed by atoms with Gasteiger partial charge in [0.15, 0.2) is 0 Å². The van der Waals surface area contributed by atoms with Crippen LogP contribution in [0.15, 0.2) is 30.5 Å². The van der Waals surface area contributed by atoms with E-state index in [-0.39, 0.29) is 32.7 Å². The highest BCUT2D eigenvalue weighted by Crippen LogP contribution is 2.39. The second kappa shape index (κ2) is 7.65. The van der Waals surface area contributed by atoms with Crippen LogP contribution in [0, 0.1) is 18.3 Å². The van der Waals surface area contributed by atoms with Gasteiger partial charge in [-0.3, -0.25) is 0 Å². The third kappa shape index (κ3) is 4.66. The zero-order valence-electron chi connectivity index (χ0n) is 12.8. The fraction of sp³-hybridized carbons (Fsp3) is 0.176. The van der Waals surface area contributed by atoms with Crippen LogP contribution in [0.25, 0.3) is 5.57 Å². The van der Waals surface area contributed by atoms with Crippen molar-refractivity contribution in [3.05, 3.63) is 67.9 Å². The maximum atomic E-state index is 13.4. The summed E-state index contributed by atoms with van der Waals surface area (Å²) < 4.78 is 40.3. The maximum Gasteiger partial charge on any atom is 0.416 e. The van der Waals surface area contributed by atoms with Crippen LogP contribution in [0.3, 0.4) is 0 Å². The van der Waals surface area contributed by atoms with E-state index in [4.69, 9.17) is 40.1 Å². The summed E-state index contributed by atoms with van der Waals surface area (Å²) in [7, 11) is 0. The van der Waals surface area contributed by atoms with Gasteiger partial charge in [-0.05, 0) is 42.2 Å². The third-order valence-electron chi connectivity index (χ3n) is 3.38. The van der Waals surface area contributed by atoms with E-state index in [1.807, 2.05) is 6.07 Å². The van der Waals surface area contributed by atoms with Gasteiger partial charge in [0.2, 0.25) is 0 Å². The average molecular weight is 406 g/mol. The number of hydrogen-bond acceptors (Lipinski definition) is 2. The second-order valence-electron chi connectivity index (χ2n) is 5.19. The molecule has 0 atom stereocenters. The lowest BCUT2D eigenvalue weighted by Crippen LogP contribution is -2.11. The number of alkyl halides is 3. The zero-order chi connectivity index (χ0) is 18.8. The van der Waals surface area contributed by atoms with Gasteiger partial charge < -0.3 is 0 Å². The number of benzene rings is 1. The van der Waals surface area contributed by atoms with Crippen LogP contribution in [0.5, 0.6) is 0 Å². The number of nitrogens with zero attached hydrogens (tertiary/aromatic N) is 2. The monoisotopic (exact) mass is 404 g/mol. The van der Waals surface area contributed by atoms with Crippen LogP contribution in [0.1, 0.15) is 22.4 Å². The second-order valence-corrected chi connectivity index (χ2v) is 6.39. The molecular weight excluding hydrogens is 396 g/mol. The number of hydrogen-bond donors (Lipinski definition) is 0. The zero-order valence-corrected chi connectivity index (χ0v) is 15.0. The molecule has 0 saturated carbocycles. The van der Waals surface area contributed by atoms with Crippen molar-refractivity contribution in [3.8, 4) is 6.07 Å². The quantitative estimate of drug-likeness (QED) is 0.553. The molecule has 0 aliphatic rings. The van der Waals surface area contributed by atoms with Gasteiger partial charge in [0.05, 0.1) is 20.6 Å². The first-order chi connectivity index (χ1) is 11.6. The molecule has 0 aliphatic carbocycles. The number of pyridine rings is 1. The van der Waals surface area contributed by atoms with Crippen molar-refractivity contribution >= 4 is 40.4 Å². The van der Waals surface area contributed by atoms with E-state index in [2.05, 4.69) is 4.98 Å². The molecule has 2 nitrogen and oxygen atoms in total. The van der Waals surface area contributed by atoms with Crippen LogP contribution in [0.2, 0.25) is 15.1 Å². The molecule has 0 spiro atoms. The molecule has 1 aromatic heterocycles. The molecule has 8 heteroatoms. The fourth-order valence-electron chi connectivity index (χ4n) is 2.19. The molecule has 1 aromatic carbocycles. The fourth-order valence-corrected chi connectivity index (χ4v) is 2.79. The Labute approximate surface area is 157 Å². The smallest absolute Gasteiger partial charge is 0.245 e. The van der Waals surface area contributed by atoms with Gasteiger partial charge in [0.1, 0.15) is 11.8 Å². The summed E-state index contributed by atoms with van der Waals surface area (Å²) in [5.41, 5.74) is 0.323. The van der Waals surface area contributed by atoms with E-state index in [9.17, 15) is 13.2 Å². The van der Waals surface area contributed by atoms with Gasteiger partial charge in [0, 0.05) is 6.20 Å². The molecule has 1 heterocycles. The molecule has 0 unspecified atom stereocenters. The first-order valence-corrected chi connectivity index (χ1v) is 8.04. The van der Waals surface area contributed by atoms with E-state index >= 15 is 0 Å². The van der Waals surface area contributed by atoms with E-state index in [0.29, 0.717) is 11.1 Å². The minimum absolute atomic E-state index is 0.000486. The lowest BCUT2D eigenvalue weighted by Gasteiger charge is -2.14. The van der Waals surface area contributed by atoms with E-state index in [0.717, 1.165) is 18.2 Å². The van der Waals surface area contributed by atoms with E-state index in [1.165, 1.54) is 6.20 Å². The lowest BCUT2D eigenvalue weighted by molar-refractivity contribution is -0.0690. The number of halogens is 6. The Kier molecular flexibility index (Phi) is 5.99. The molecule has 0 aliphatic heterocycles. The van der Waals surface area contributed by atoms with Crippen molar-refractivity contribution in [1.82, 2.24) is 4.98 Å². The van der Waals surface area contributed by atoms with Gasteiger partial charge in [-0.1, -0.05) is 46.9 Å². The Morgan fingerprint density at radius 3 is 2.28 bits per heavy atom. The molecule has 2 rings (SSSR count). The van der Waals surface area contributed by atoms with Crippen LogP contribution >= 0.6 is 34.8 Å². The first-order valence-electron chi connectivity index (χ1n) is 6.91. The summed E-state index contributed by atoms with van der Waals surface area (Å²) in [6, 6.07) is 5.77. The maximum absolute atomic E-state index is 13.4. The van der Waals surface area contributed by atoms with Crippen molar-refractivity contribution < 1.29 is 13.2 Å². The van der Waals surface area contributed by atoms with Gasteiger partial charge in [-0.15, -0.1) is 0 Å². The predicted octanol–water partition coefficient (Wildman–Crippen LogP) is 6.41. The summed E-state index contributed by atoms with van der Waals surface area (Å²) in [5, 5.41) is 8.73. The SMILES string of the molecule is Cc1cc(C/C=C(/c2cc(Cl)c(Cl)c(Cl)c2)C(F)(F)F)cnc1C#N. The summed E-state index contributed by atoms with van der Waals surface area (Å²) in [5.74, 6) is 0. The van der Waals surface area contributed by atoms with Gasteiger partial charge in [-0.25, -0.2) is 4.98 Å². The standard InChI is InChI=1S/C17H10Cl3F3N2/c1-9-4-10(8-25-15(9)7-24)2-3-12(17(21,22)23)11-5-13(18)16(20)14(19)6-11/h3-6,8H,2H2,1H3/b12-3-. The topological polar surface area (TPSA) is 36.7 Å². The number of nitriles is 1. The number of rotatable bonds is 3. The Hall–Kier alpha value is -1.74. The van der Waals surface area contributed by atoms with Crippen molar-refractivity contribution in [3.63, 3.8) is 0 Å². The van der Waals surface area contributed by atoms with Crippen LogP contribution in [-0.2, 0) is 6.42 Å². The average Bonchev–Trinajstić information content (AvgIpc) is 2.51. The highest BCUT2D eigenvalue weighted by molar-refractivity contribution is 6.48. The summed E-state index contributed by atoms with van der Waals surface area (Å²) >= 11 is 17.5. The molecule has 0 fully saturated rings. The molecule has 0 amide bonds. The molecule has 0 radical (unpaired) electrons. The molecular formula is C17H10Cl3F3N2. The highest BCUT2D eigenvalue weighted by atomic mass is 35.5. The predicted molar refractivity (Wildman–Crippen MR) is 92.9 cm³/mol. The number of aryl methyl sites for hydroxylation is 1.